The maximum Gasteiger partial charge on any atom is 0.244 e. The zero-order valence-electron chi connectivity index (χ0n) is 11.5. The predicted octanol–water partition coefficient (Wildman–Crippen LogP) is 1.33. The molecule has 1 aliphatic heterocycles. The third-order valence-corrected chi connectivity index (χ3v) is 6.12. The minimum atomic E-state index is -3.57. The topological polar surface area (TPSA) is 81.4 Å². The second kappa shape index (κ2) is 6.80. The Morgan fingerprint density at radius 2 is 2.30 bits per heavy atom. The summed E-state index contributed by atoms with van der Waals surface area (Å²) in [6, 6.07) is 4.98. The smallest absolute Gasteiger partial charge is 0.244 e. The third-order valence-electron chi connectivity index (χ3n) is 3.28. The zero-order valence-corrected chi connectivity index (χ0v) is 13.1. The van der Waals surface area contributed by atoms with Crippen molar-refractivity contribution in [2.45, 2.75) is 29.5 Å². The summed E-state index contributed by atoms with van der Waals surface area (Å²) >= 11 is 1.82. The van der Waals surface area contributed by atoms with Crippen molar-refractivity contribution in [2.24, 2.45) is 5.73 Å². The van der Waals surface area contributed by atoms with Crippen molar-refractivity contribution in [2.75, 3.05) is 19.4 Å². The quantitative estimate of drug-likeness (QED) is 0.827. The summed E-state index contributed by atoms with van der Waals surface area (Å²) in [6.07, 6.45) is 2.22. The van der Waals surface area contributed by atoms with E-state index in [-0.39, 0.29) is 4.90 Å². The summed E-state index contributed by atoms with van der Waals surface area (Å²) in [5.41, 5.74) is 6.33. The molecule has 112 valence electrons. The highest BCUT2D eigenvalue weighted by Gasteiger charge is 2.23. The molecule has 1 aliphatic rings. The molecule has 0 bridgehead atoms. The number of ether oxygens (including phenoxy) is 1. The Labute approximate surface area is 124 Å². The van der Waals surface area contributed by atoms with Gasteiger partial charge in [-0.1, -0.05) is 6.07 Å². The maximum atomic E-state index is 12.4. The molecule has 0 saturated carbocycles. The second-order valence-electron chi connectivity index (χ2n) is 4.68. The van der Waals surface area contributed by atoms with Gasteiger partial charge in [0.05, 0.1) is 7.11 Å². The Hall–Kier alpha value is -0.760. The van der Waals surface area contributed by atoms with Crippen LogP contribution in [0, 0.1) is 0 Å². The molecule has 3 N–H and O–H groups in total. The molecule has 20 heavy (non-hydrogen) atoms. The first-order chi connectivity index (χ1) is 9.56. The minimum absolute atomic E-state index is 0.158. The van der Waals surface area contributed by atoms with Crippen LogP contribution < -0.4 is 15.2 Å². The molecule has 0 aliphatic carbocycles. The highest BCUT2D eigenvalue weighted by molar-refractivity contribution is 8.00. The van der Waals surface area contributed by atoms with Crippen molar-refractivity contribution in [1.82, 2.24) is 4.72 Å². The summed E-state index contributed by atoms with van der Waals surface area (Å²) in [4.78, 5) is 0.158. The van der Waals surface area contributed by atoms with Crippen LogP contribution in [0.2, 0.25) is 0 Å². The van der Waals surface area contributed by atoms with Crippen LogP contribution in [0.15, 0.2) is 23.1 Å². The Morgan fingerprint density at radius 1 is 1.50 bits per heavy atom. The molecule has 1 aromatic carbocycles. The van der Waals surface area contributed by atoms with Crippen LogP contribution in [0.3, 0.4) is 0 Å². The van der Waals surface area contributed by atoms with Gasteiger partial charge in [0.2, 0.25) is 10.0 Å². The molecule has 0 radical (unpaired) electrons. The van der Waals surface area contributed by atoms with Gasteiger partial charge in [0.15, 0.2) is 0 Å². The fraction of sp³-hybridized carbons (Fsp3) is 0.538. The van der Waals surface area contributed by atoms with Gasteiger partial charge in [-0.05, 0) is 36.3 Å². The van der Waals surface area contributed by atoms with Crippen molar-refractivity contribution in [1.29, 1.82) is 0 Å². The van der Waals surface area contributed by atoms with E-state index in [1.54, 1.807) is 18.2 Å². The van der Waals surface area contributed by atoms with Crippen LogP contribution >= 0.6 is 11.8 Å². The number of sulfonamides is 1. The van der Waals surface area contributed by atoms with E-state index in [0.29, 0.717) is 24.1 Å². The molecule has 0 spiro atoms. The summed E-state index contributed by atoms with van der Waals surface area (Å²) in [5.74, 6) is 1.45. The number of benzene rings is 1. The van der Waals surface area contributed by atoms with E-state index < -0.39 is 10.0 Å². The zero-order chi connectivity index (χ0) is 14.6. The fourth-order valence-electron chi connectivity index (χ4n) is 2.14. The monoisotopic (exact) mass is 316 g/mol. The average Bonchev–Trinajstić information content (AvgIpc) is 2.98. The van der Waals surface area contributed by atoms with Gasteiger partial charge in [-0.2, -0.15) is 11.8 Å². The van der Waals surface area contributed by atoms with E-state index in [2.05, 4.69) is 4.72 Å². The standard InChI is InChI=1S/C13H20N2O3S2/c1-18-12-5-4-10(8-14)7-13(12)20(16,17)15-9-11-3-2-6-19-11/h4-5,7,11,15H,2-3,6,8-9,14H2,1H3. The molecule has 0 amide bonds. The molecular formula is C13H20N2O3S2. The van der Waals surface area contributed by atoms with E-state index in [9.17, 15) is 8.42 Å². The Morgan fingerprint density at radius 3 is 2.90 bits per heavy atom. The summed E-state index contributed by atoms with van der Waals surface area (Å²) in [6.45, 7) is 0.758. The van der Waals surface area contributed by atoms with Gasteiger partial charge in [0, 0.05) is 18.3 Å². The van der Waals surface area contributed by atoms with Gasteiger partial charge in [-0.3, -0.25) is 0 Å². The number of rotatable bonds is 6. The van der Waals surface area contributed by atoms with Gasteiger partial charge in [0.1, 0.15) is 10.6 Å². The Kier molecular flexibility index (Phi) is 5.31. The van der Waals surface area contributed by atoms with Crippen molar-refractivity contribution in [3.8, 4) is 5.75 Å². The van der Waals surface area contributed by atoms with Crippen molar-refractivity contribution < 1.29 is 13.2 Å². The Bertz CT molecular complexity index is 555. The largest absolute Gasteiger partial charge is 0.495 e. The lowest BCUT2D eigenvalue weighted by Crippen LogP contribution is -2.30. The Balaban J connectivity index is 2.18. The van der Waals surface area contributed by atoms with E-state index in [0.717, 1.165) is 24.2 Å². The average molecular weight is 316 g/mol. The molecule has 7 heteroatoms. The normalized spacial score (nSPS) is 19.2. The van der Waals surface area contributed by atoms with Gasteiger partial charge >= 0.3 is 0 Å². The first-order valence-corrected chi connectivity index (χ1v) is 9.08. The lowest BCUT2D eigenvalue weighted by molar-refractivity contribution is 0.402. The highest BCUT2D eigenvalue weighted by atomic mass is 32.2. The molecule has 1 heterocycles. The number of thioether (sulfide) groups is 1. The van der Waals surface area contributed by atoms with E-state index >= 15 is 0 Å². The van der Waals surface area contributed by atoms with Crippen LogP contribution in [-0.4, -0.2) is 33.1 Å². The molecule has 1 saturated heterocycles. The van der Waals surface area contributed by atoms with E-state index in [1.807, 2.05) is 11.8 Å². The van der Waals surface area contributed by atoms with Gasteiger partial charge in [-0.15, -0.1) is 0 Å². The summed E-state index contributed by atoms with van der Waals surface area (Å²) in [5, 5.41) is 0.369. The summed E-state index contributed by atoms with van der Waals surface area (Å²) < 4.78 is 32.6. The van der Waals surface area contributed by atoms with Crippen LogP contribution in [-0.2, 0) is 16.6 Å². The fourth-order valence-corrected chi connectivity index (χ4v) is 4.75. The molecule has 0 aromatic heterocycles. The molecule has 5 nitrogen and oxygen atoms in total. The lowest BCUT2D eigenvalue weighted by atomic mass is 10.2. The molecule has 1 aromatic rings. The number of nitrogens with two attached hydrogens (primary N) is 1. The van der Waals surface area contributed by atoms with E-state index in [4.69, 9.17) is 10.5 Å². The second-order valence-corrected chi connectivity index (χ2v) is 7.82. The van der Waals surface area contributed by atoms with Crippen LogP contribution in [0.5, 0.6) is 5.75 Å². The molecule has 1 fully saturated rings. The SMILES string of the molecule is COc1ccc(CN)cc1S(=O)(=O)NCC1CCCS1. The minimum Gasteiger partial charge on any atom is -0.495 e. The van der Waals surface area contributed by atoms with Crippen LogP contribution in [0.25, 0.3) is 0 Å². The molecule has 2 rings (SSSR count). The van der Waals surface area contributed by atoms with Gasteiger partial charge < -0.3 is 10.5 Å². The first-order valence-electron chi connectivity index (χ1n) is 6.55. The lowest BCUT2D eigenvalue weighted by Gasteiger charge is -2.14. The number of hydrogen-bond donors (Lipinski definition) is 2. The number of methoxy groups -OCH3 is 1. The van der Waals surface area contributed by atoms with Crippen molar-refractivity contribution in [3.63, 3.8) is 0 Å². The van der Waals surface area contributed by atoms with Crippen LogP contribution in [0.1, 0.15) is 18.4 Å². The predicted molar refractivity (Wildman–Crippen MR) is 81.6 cm³/mol. The van der Waals surface area contributed by atoms with Crippen LogP contribution in [0.4, 0.5) is 0 Å². The van der Waals surface area contributed by atoms with Crippen molar-refractivity contribution >= 4 is 21.8 Å². The third kappa shape index (κ3) is 3.66. The highest BCUT2D eigenvalue weighted by Crippen LogP contribution is 2.27. The van der Waals surface area contributed by atoms with E-state index in [1.165, 1.54) is 7.11 Å². The molecular weight excluding hydrogens is 296 g/mol. The molecule has 1 atom stereocenters. The van der Waals surface area contributed by atoms with Crippen molar-refractivity contribution in [3.05, 3.63) is 23.8 Å². The number of hydrogen-bond acceptors (Lipinski definition) is 5. The van der Waals surface area contributed by atoms with Gasteiger partial charge in [-0.25, -0.2) is 13.1 Å². The summed E-state index contributed by atoms with van der Waals surface area (Å²) in [7, 11) is -2.11. The molecule has 1 unspecified atom stereocenters. The van der Waals surface area contributed by atoms with Gasteiger partial charge in [0.25, 0.3) is 0 Å². The maximum absolute atomic E-state index is 12.4. The first kappa shape index (κ1) is 15.6. The number of nitrogens with one attached hydrogen (secondary N) is 1.